The van der Waals surface area contributed by atoms with Crippen molar-refractivity contribution in [3.8, 4) is 0 Å². The zero-order valence-electron chi connectivity index (χ0n) is 10.8. The first-order valence-corrected chi connectivity index (χ1v) is 6.15. The number of rotatable bonds is 3. The van der Waals surface area contributed by atoms with Gasteiger partial charge in [0.05, 0.1) is 0 Å². The van der Waals surface area contributed by atoms with E-state index >= 15 is 0 Å². The molecule has 0 saturated heterocycles. The van der Waals surface area contributed by atoms with Gasteiger partial charge in [-0.05, 0) is 51.4 Å². The van der Waals surface area contributed by atoms with Crippen molar-refractivity contribution in [3.63, 3.8) is 0 Å². The predicted octanol–water partition coefficient (Wildman–Crippen LogP) is 2.52. The summed E-state index contributed by atoms with van der Waals surface area (Å²) in [6.07, 6.45) is 1.19. The van der Waals surface area contributed by atoms with Crippen molar-refractivity contribution in [3.05, 3.63) is 29.3 Å². The highest BCUT2D eigenvalue weighted by molar-refractivity contribution is 5.59. The van der Waals surface area contributed by atoms with Crippen molar-refractivity contribution < 1.29 is 0 Å². The minimum atomic E-state index is 0.0642. The molecule has 0 amide bonds. The van der Waals surface area contributed by atoms with E-state index in [9.17, 15) is 0 Å². The van der Waals surface area contributed by atoms with Gasteiger partial charge in [-0.3, -0.25) is 0 Å². The molecule has 1 aliphatic heterocycles. The van der Waals surface area contributed by atoms with Crippen LogP contribution in [0.4, 0.5) is 5.69 Å². The Bertz CT molecular complexity index is 382. The number of benzene rings is 1. The monoisotopic (exact) mass is 218 g/mol. The molecule has 2 rings (SSSR count). The molecule has 0 aliphatic carbocycles. The van der Waals surface area contributed by atoms with Gasteiger partial charge in [0.25, 0.3) is 0 Å². The zero-order chi connectivity index (χ0) is 11.8. The fraction of sp³-hybridized carbons (Fsp3) is 0.571. The highest BCUT2D eigenvalue weighted by Crippen LogP contribution is 2.31. The molecule has 2 nitrogen and oxygen atoms in total. The number of likely N-dealkylation sites (N-methyl/N-ethyl adjacent to an activating group) is 1. The molecule has 0 fully saturated rings. The van der Waals surface area contributed by atoms with E-state index in [-0.39, 0.29) is 5.54 Å². The lowest BCUT2D eigenvalue weighted by atomic mass is 9.92. The Kier molecular flexibility index (Phi) is 2.94. The number of nitrogens with zero attached hydrogens (tertiary/aromatic N) is 1. The van der Waals surface area contributed by atoms with E-state index in [1.165, 1.54) is 29.8 Å². The third kappa shape index (κ3) is 1.82. The number of fused-ring (bicyclic) bond motifs is 1. The first kappa shape index (κ1) is 11.5. The number of hydrogen-bond acceptors (Lipinski definition) is 2. The first-order valence-electron chi connectivity index (χ1n) is 6.15. The molecular weight excluding hydrogens is 196 g/mol. The molecule has 1 aromatic carbocycles. The minimum Gasteiger partial charge on any atom is -0.371 e. The molecule has 1 N–H and O–H groups in total. The molecule has 2 heteroatoms. The lowest BCUT2D eigenvalue weighted by molar-refractivity contribution is 0.444. The van der Waals surface area contributed by atoms with Gasteiger partial charge in [-0.15, -0.1) is 0 Å². The van der Waals surface area contributed by atoms with Crippen molar-refractivity contribution >= 4 is 5.69 Å². The van der Waals surface area contributed by atoms with E-state index in [4.69, 9.17) is 0 Å². The Morgan fingerprint density at radius 1 is 1.38 bits per heavy atom. The van der Waals surface area contributed by atoms with E-state index in [0.29, 0.717) is 0 Å². The molecule has 0 unspecified atom stereocenters. The maximum atomic E-state index is 3.36. The van der Waals surface area contributed by atoms with Crippen LogP contribution in [-0.2, 0) is 12.0 Å². The van der Waals surface area contributed by atoms with Crippen LogP contribution in [0, 0.1) is 0 Å². The Labute approximate surface area is 98.7 Å². The second-order valence-corrected chi connectivity index (χ2v) is 5.05. The molecule has 1 aromatic rings. The van der Waals surface area contributed by atoms with Gasteiger partial charge in [-0.25, -0.2) is 0 Å². The molecule has 88 valence electrons. The summed E-state index contributed by atoms with van der Waals surface area (Å²) in [5, 5.41) is 3.36. The van der Waals surface area contributed by atoms with Gasteiger partial charge < -0.3 is 10.2 Å². The van der Waals surface area contributed by atoms with Crippen LogP contribution in [0.1, 0.15) is 31.9 Å². The normalized spacial score (nSPS) is 15.4. The van der Waals surface area contributed by atoms with Crippen LogP contribution in [0.15, 0.2) is 18.2 Å². The second-order valence-electron chi connectivity index (χ2n) is 5.05. The summed E-state index contributed by atoms with van der Waals surface area (Å²) in [5.41, 5.74) is 4.38. The SMILES string of the molecule is CCN1CCc2cc(C(C)(C)NC)ccc21. The fourth-order valence-electron chi connectivity index (χ4n) is 2.33. The Hall–Kier alpha value is -1.02. The summed E-state index contributed by atoms with van der Waals surface area (Å²) in [4.78, 5) is 2.45. The van der Waals surface area contributed by atoms with Crippen molar-refractivity contribution in [1.29, 1.82) is 0 Å². The summed E-state index contributed by atoms with van der Waals surface area (Å²) in [5.74, 6) is 0. The van der Waals surface area contributed by atoms with E-state index in [2.05, 4.69) is 49.2 Å². The molecule has 0 saturated carbocycles. The summed E-state index contributed by atoms with van der Waals surface area (Å²) >= 11 is 0. The Balaban J connectivity index is 2.35. The van der Waals surface area contributed by atoms with Crippen molar-refractivity contribution in [2.75, 3.05) is 25.0 Å². The molecule has 0 atom stereocenters. The molecule has 0 radical (unpaired) electrons. The second kappa shape index (κ2) is 4.10. The molecule has 0 bridgehead atoms. The maximum absolute atomic E-state index is 3.36. The van der Waals surface area contributed by atoms with Gasteiger partial charge in [0.1, 0.15) is 0 Å². The highest BCUT2D eigenvalue weighted by Gasteiger charge is 2.22. The topological polar surface area (TPSA) is 15.3 Å². The predicted molar refractivity (Wildman–Crippen MR) is 70.1 cm³/mol. The third-order valence-electron chi connectivity index (χ3n) is 3.80. The summed E-state index contributed by atoms with van der Waals surface area (Å²) < 4.78 is 0. The van der Waals surface area contributed by atoms with Crippen LogP contribution in [0.25, 0.3) is 0 Å². The van der Waals surface area contributed by atoms with Crippen molar-refractivity contribution in [2.24, 2.45) is 0 Å². The summed E-state index contributed by atoms with van der Waals surface area (Å²) in [7, 11) is 2.02. The first-order chi connectivity index (χ1) is 7.58. The van der Waals surface area contributed by atoms with Gasteiger partial charge >= 0.3 is 0 Å². The van der Waals surface area contributed by atoms with Gasteiger partial charge in [0, 0.05) is 24.3 Å². The molecule has 1 heterocycles. The minimum absolute atomic E-state index is 0.0642. The van der Waals surface area contributed by atoms with Gasteiger partial charge in [0.2, 0.25) is 0 Å². The van der Waals surface area contributed by atoms with Crippen LogP contribution in [0.2, 0.25) is 0 Å². The van der Waals surface area contributed by atoms with Gasteiger partial charge in [-0.1, -0.05) is 12.1 Å². The number of hydrogen-bond donors (Lipinski definition) is 1. The number of nitrogens with one attached hydrogen (secondary N) is 1. The zero-order valence-corrected chi connectivity index (χ0v) is 10.8. The molecule has 0 aromatic heterocycles. The molecule has 16 heavy (non-hydrogen) atoms. The standard InChI is InChI=1S/C14H22N2/c1-5-16-9-8-11-10-12(6-7-13(11)16)14(2,3)15-4/h6-7,10,15H,5,8-9H2,1-4H3. The number of anilines is 1. The van der Waals surface area contributed by atoms with Crippen molar-refractivity contribution in [2.45, 2.75) is 32.7 Å². The van der Waals surface area contributed by atoms with E-state index in [0.717, 1.165) is 6.54 Å². The summed E-state index contributed by atoms with van der Waals surface area (Å²) in [6, 6.07) is 6.89. The molecular formula is C14H22N2. The smallest absolute Gasteiger partial charge is 0.0399 e. The Morgan fingerprint density at radius 2 is 2.12 bits per heavy atom. The Morgan fingerprint density at radius 3 is 2.75 bits per heavy atom. The van der Waals surface area contributed by atoms with Crippen LogP contribution in [0.3, 0.4) is 0 Å². The van der Waals surface area contributed by atoms with Crippen LogP contribution < -0.4 is 10.2 Å². The molecule has 0 spiro atoms. The lowest BCUT2D eigenvalue weighted by Gasteiger charge is -2.26. The van der Waals surface area contributed by atoms with Crippen LogP contribution in [-0.4, -0.2) is 20.1 Å². The summed E-state index contributed by atoms with van der Waals surface area (Å²) in [6.45, 7) is 8.96. The molecule has 1 aliphatic rings. The van der Waals surface area contributed by atoms with Gasteiger partial charge in [-0.2, -0.15) is 0 Å². The van der Waals surface area contributed by atoms with E-state index in [1.54, 1.807) is 0 Å². The quantitative estimate of drug-likeness (QED) is 0.838. The van der Waals surface area contributed by atoms with E-state index in [1.807, 2.05) is 7.05 Å². The van der Waals surface area contributed by atoms with Crippen LogP contribution in [0.5, 0.6) is 0 Å². The van der Waals surface area contributed by atoms with Crippen LogP contribution >= 0.6 is 0 Å². The van der Waals surface area contributed by atoms with Gasteiger partial charge in [0.15, 0.2) is 0 Å². The average Bonchev–Trinajstić information content (AvgIpc) is 2.70. The average molecular weight is 218 g/mol. The van der Waals surface area contributed by atoms with Crippen molar-refractivity contribution in [1.82, 2.24) is 5.32 Å². The largest absolute Gasteiger partial charge is 0.371 e. The maximum Gasteiger partial charge on any atom is 0.0399 e. The fourth-order valence-corrected chi connectivity index (χ4v) is 2.33. The van der Waals surface area contributed by atoms with E-state index < -0.39 is 0 Å². The lowest BCUT2D eigenvalue weighted by Crippen LogP contribution is -2.33. The highest BCUT2D eigenvalue weighted by atomic mass is 15.1. The third-order valence-corrected chi connectivity index (χ3v) is 3.80.